The first-order valence-corrected chi connectivity index (χ1v) is 8.92. The van der Waals surface area contributed by atoms with Crippen molar-refractivity contribution in [1.29, 1.82) is 0 Å². The van der Waals surface area contributed by atoms with Crippen molar-refractivity contribution in [3.8, 4) is 0 Å². The topological polar surface area (TPSA) is 41.5 Å². The Labute approximate surface area is 154 Å². The Kier molecular flexibility index (Phi) is 4.30. The molecule has 0 spiro atoms. The van der Waals surface area contributed by atoms with Crippen LogP contribution in [0.15, 0.2) is 76.6 Å². The molecule has 1 amide bonds. The molecule has 0 saturated carbocycles. The maximum Gasteiger partial charge on any atom is 0.264 e. The lowest BCUT2D eigenvalue weighted by Gasteiger charge is -2.02. The first-order chi connectivity index (χ1) is 12.2. The van der Waals surface area contributed by atoms with Gasteiger partial charge in [-0.2, -0.15) is 0 Å². The van der Waals surface area contributed by atoms with Crippen LogP contribution in [0.4, 0.5) is 5.69 Å². The summed E-state index contributed by atoms with van der Waals surface area (Å²) in [4.78, 5) is 17.3. The molecule has 1 fully saturated rings. The molecule has 0 bridgehead atoms. The van der Waals surface area contributed by atoms with Gasteiger partial charge in [0.15, 0.2) is 5.17 Å². The van der Waals surface area contributed by atoms with Crippen LogP contribution in [-0.2, 0) is 4.79 Å². The Morgan fingerprint density at radius 3 is 2.60 bits per heavy atom. The number of hydrogen-bond acceptors (Lipinski definition) is 3. The third-order valence-corrected chi connectivity index (χ3v) is 5.06. The molecule has 1 heterocycles. The Bertz CT molecular complexity index is 1040. The summed E-state index contributed by atoms with van der Waals surface area (Å²) in [6, 6.07) is 21.5. The van der Waals surface area contributed by atoms with Crippen LogP contribution in [0.1, 0.15) is 5.56 Å². The highest BCUT2D eigenvalue weighted by Crippen LogP contribution is 2.31. The second-order valence-electron chi connectivity index (χ2n) is 5.50. The Morgan fingerprint density at radius 1 is 0.960 bits per heavy atom. The highest BCUT2D eigenvalue weighted by molar-refractivity contribution is 8.18. The number of hydrogen-bond donors (Lipinski definition) is 1. The van der Waals surface area contributed by atoms with Gasteiger partial charge in [0.05, 0.1) is 15.6 Å². The fraction of sp³-hybridized carbons (Fsp3) is 0. The van der Waals surface area contributed by atoms with Gasteiger partial charge in [0.2, 0.25) is 0 Å². The van der Waals surface area contributed by atoms with E-state index in [1.54, 1.807) is 6.07 Å². The zero-order valence-corrected chi connectivity index (χ0v) is 14.6. The van der Waals surface area contributed by atoms with Crippen LogP contribution < -0.4 is 5.32 Å². The molecule has 1 N–H and O–H groups in total. The number of amidine groups is 1. The fourth-order valence-corrected chi connectivity index (χ4v) is 3.65. The molecule has 0 aliphatic carbocycles. The van der Waals surface area contributed by atoms with Gasteiger partial charge < -0.3 is 5.32 Å². The van der Waals surface area contributed by atoms with Gasteiger partial charge in [-0.1, -0.05) is 66.2 Å². The Morgan fingerprint density at radius 2 is 1.72 bits per heavy atom. The van der Waals surface area contributed by atoms with Crippen LogP contribution in [0.25, 0.3) is 16.8 Å². The van der Waals surface area contributed by atoms with Crippen molar-refractivity contribution in [2.75, 3.05) is 0 Å². The van der Waals surface area contributed by atoms with Crippen molar-refractivity contribution in [1.82, 2.24) is 5.32 Å². The van der Waals surface area contributed by atoms with Crippen molar-refractivity contribution in [2.24, 2.45) is 4.99 Å². The van der Waals surface area contributed by atoms with E-state index < -0.39 is 0 Å². The average Bonchev–Trinajstić information content (AvgIpc) is 2.97. The zero-order valence-electron chi connectivity index (χ0n) is 13.1. The van der Waals surface area contributed by atoms with Gasteiger partial charge >= 0.3 is 0 Å². The summed E-state index contributed by atoms with van der Waals surface area (Å²) >= 11 is 7.44. The van der Waals surface area contributed by atoms with Gasteiger partial charge in [-0.3, -0.25) is 4.79 Å². The average molecular weight is 365 g/mol. The van der Waals surface area contributed by atoms with Gasteiger partial charge in [-0.25, -0.2) is 4.99 Å². The SMILES string of the molecule is O=C1NC(=Nc2ccccc2Cl)S/C1=C\c1cccc2ccccc12. The van der Waals surface area contributed by atoms with Crippen molar-refractivity contribution >= 4 is 57.0 Å². The molecule has 4 rings (SSSR count). The molecule has 0 aromatic heterocycles. The van der Waals surface area contributed by atoms with Gasteiger partial charge in [0, 0.05) is 0 Å². The predicted octanol–water partition coefficient (Wildman–Crippen LogP) is 5.38. The summed E-state index contributed by atoms with van der Waals surface area (Å²) in [5.41, 5.74) is 1.65. The van der Waals surface area contributed by atoms with Crippen molar-refractivity contribution in [3.63, 3.8) is 0 Å². The standard InChI is InChI=1S/C20H13ClN2OS/c21-16-10-3-4-11-17(16)22-20-23-19(24)18(25-20)12-14-8-5-7-13-6-1-2-9-15(13)14/h1-12H,(H,22,23,24)/b18-12-. The maximum atomic E-state index is 12.3. The summed E-state index contributed by atoms with van der Waals surface area (Å²) < 4.78 is 0. The number of carbonyl (C=O) groups is 1. The second-order valence-corrected chi connectivity index (χ2v) is 6.94. The van der Waals surface area contributed by atoms with Crippen molar-refractivity contribution in [3.05, 3.63) is 82.2 Å². The molecular formula is C20H13ClN2OS. The molecule has 122 valence electrons. The molecule has 1 aliphatic heterocycles. The second kappa shape index (κ2) is 6.75. The lowest BCUT2D eigenvalue weighted by molar-refractivity contribution is -0.115. The van der Waals surface area contributed by atoms with E-state index in [0.717, 1.165) is 16.3 Å². The monoisotopic (exact) mass is 364 g/mol. The summed E-state index contributed by atoms with van der Waals surface area (Å²) in [6.07, 6.45) is 1.90. The third-order valence-electron chi connectivity index (χ3n) is 3.84. The number of halogens is 1. The number of rotatable bonds is 2. The van der Waals surface area contributed by atoms with Gasteiger partial charge in [0.1, 0.15) is 0 Å². The van der Waals surface area contributed by atoms with Crippen LogP contribution in [0.3, 0.4) is 0 Å². The molecular weight excluding hydrogens is 352 g/mol. The summed E-state index contributed by atoms with van der Waals surface area (Å²) in [5, 5.41) is 6.14. The number of nitrogens with zero attached hydrogens (tertiary/aromatic N) is 1. The highest BCUT2D eigenvalue weighted by atomic mass is 35.5. The number of thioether (sulfide) groups is 1. The van der Waals surface area contributed by atoms with E-state index in [4.69, 9.17) is 11.6 Å². The van der Waals surface area contributed by atoms with Gasteiger partial charge in [-0.05, 0) is 46.3 Å². The van der Waals surface area contributed by atoms with E-state index in [2.05, 4.69) is 28.5 Å². The van der Waals surface area contributed by atoms with Crippen molar-refractivity contribution in [2.45, 2.75) is 0 Å². The Balaban J connectivity index is 1.69. The lowest BCUT2D eigenvalue weighted by atomic mass is 10.0. The van der Waals surface area contributed by atoms with Crippen LogP contribution in [-0.4, -0.2) is 11.1 Å². The lowest BCUT2D eigenvalue weighted by Crippen LogP contribution is -2.19. The molecule has 3 aromatic carbocycles. The molecule has 0 radical (unpaired) electrons. The van der Waals surface area contributed by atoms with E-state index in [9.17, 15) is 4.79 Å². The van der Waals surface area contributed by atoms with Gasteiger partial charge in [0.25, 0.3) is 5.91 Å². The number of benzene rings is 3. The van der Waals surface area contributed by atoms with Crippen LogP contribution in [0, 0.1) is 0 Å². The zero-order chi connectivity index (χ0) is 17.2. The molecule has 1 saturated heterocycles. The van der Waals surface area contributed by atoms with E-state index in [0.29, 0.717) is 20.8 Å². The highest BCUT2D eigenvalue weighted by Gasteiger charge is 2.24. The number of carbonyl (C=O) groups excluding carboxylic acids is 1. The van der Waals surface area contributed by atoms with Crippen LogP contribution >= 0.6 is 23.4 Å². The summed E-state index contributed by atoms with van der Waals surface area (Å²) in [5.74, 6) is -0.149. The predicted molar refractivity (Wildman–Crippen MR) is 106 cm³/mol. The van der Waals surface area contributed by atoms with Crippen LogP contribution in [0.2, 0.25) is 5.02 Å². The number of aliphatic imine (C=N–C) groups is 1. The first-order valence-electron chi connectivity index (χ1n) is 7.72. The molecule has 5 heteroatoms. The third kappa shape index (κ3) is 3.31. The number of nitrogens with one attached hydrogen (secondary N) is 1. The molecule has 0 atom stereocenters. The normalized spacial score (nSPS) is 17.4. The number of fused-ring (bicyclic) bond motifs is 1. The quantitative estimate of drug-likeness (QED) is 0.620. The van der Waals surface area contributed by atoms with E-state index in [1.165, 1.54) is 11.8 Å². The van der Waals surface area contributed by atoms with E-state index >= 15 is 0 Å². The van der Waals surface area contributed by atoms with E-state index in [-0.39, 0.29) is 5.91 Å². The largest absolute Gasteiger partial charge is 0.300 e. The molecule has 3 nitrogen and oxygen atoms in total. The van der Waals surface area contributed by atoms with Crippen LogP contribution in [0.5, 0.6) is 0 Å². The molecule has 3 aromatic rings. The molecule has 1 aliphatic rings. The minimum absolute atomic E-state index is 0.149. The fourth-order valence-electron chi connectivity index (χ4n) is 2.65. The molecule has 0 unspecified atom stereocenters. The summed E-state index contributed by atoms with van der Waals surface area (Å²) in [7, 11) is 0. The number of para-hydroxylation sites is 1. The minimum Gasteiger partial charge on any atom is -0.300 e. The minimum atomic E-state index is -0.149. The maximum absolute atomic E-state index is 12.3. The van der Waals surface area contributed by atoms with Gasteiger partial charge in [-0.15, -0.1) is 0 Å². The first kappa shape index (κ1) is 15.9. The van der Waals surface area contributed by atoms with E-state index in [1.807, 2.05) is 48.5 Å². The molecule has 25 heavy (non-hydrogen) atoms. The smallest absolute Gasteiger partial charge is 0.264 e. The summed E-state index contributed by atoms with van der Waals surface area (Å²) in [6.45, 7) is 0. The Hall–Kier alpha value is -2.56. The van der Waals surface area contributed by atoms with Crippen molar-refractivity contribution < 1.29 is 4.79 Å². The number of amides is 1.